The number of nitrogens with one attached hydrogen (secondary N) is 1. The average molecular weight is 485 g/mol. The van der Waals surface area contributed by atoms with Gasteiger partial charge in [0.15, 0.2) is 0 Å². The zero-order valence-electron chi connectivity index (χ0n) is 18.9. The lowest BCUT2D eigenvalue weighted by molar-refractivity contribution is -0.133. The second-order valence-corrected chi connectivity index (χ2v) is 11.2. The maximum Gasteiger partial charge on any atom is 0.222 e. The minimum absolute atomic E-state index is 0. The fraction of sp³-hybridized carbons (Fsp3) is 0.520. The van der Waals surface area contributed by atoms with E-state index in [1.54, 1.807) is 22.7 Å². The number of hydrogen-bond donors (Lipinski definition) is 1. The number of fused-ring (bicyclic) bond motifs is 2. The second kappa shape index (κ2) is 10.4. The number of amides is 1. The van der Waals surface area contributed by atoms with E-state index >= 15 is 0 Å². The zero-order chi connectivity index (χ0) is 22.6. The van der Waals surface area contributed by atoms with Gasteiger partial charge in [-0.2, -0.15) is 0 Å². The molecule has 0 aliphatic carbocycles. The van der Waals surface area contributed by atoms with Crippen molar-refractivity contribution in [1.82, 2.24) is 20.2 Å². The molecule has 3 aromatic rings. The van der Waals surface area contributed by atoms with Gasteiger partial charge in [-0.1, -0.05) is 6.42 Å². The largest absolute Gasteiger partial charge is 0.343 e. The number of thiophene rings is 1. The fourth-order valence-electron chi connectivity index (χ4n) is 4.82. The summed E-state index contributed by atoms with van der Waals surface area (Å²) in [6.45, 7) is 3.59. The first-order valence-corrected chi connectivity index (χ1v) is 13.7. The van der Waals surface area contributed by atoms with Gasteiger partial charge in [0.1, 0.15) is 16.3 Å². The Bertz CT molecular complexity index is 1130. The highest BCUT2D eigenvalue weighted by molar-refractivity contribution is 7.22. The van der Waals surface area contributed by atoms with E-state index in [0.29, 0.717) is 31.0 Å². The third-order valence-corrected chi connectivity index (χ3v) is 8.85. The summed E-state index contributed by atoms with van der Waals surface area (Å²) in [7, 11) is 0. The van der Waals surface area contributed by atoms with E-state index < -0.39 is 0 Å². The first-order valence-electron chi connectivity index (χ1n) is 12.0. The summed E-state index contributed by atoms with van der Waals surface area (Å²) in [5, 5.41) is 4.48. The number of carbonyl (C=O) groups is 2. The van der Waals surface area contributed by atoms with Gasteiger partial charge in [-0.25, -0.2) is 4.98 Å². The molecule has 0 bridgehead atoms. The van der Waals surface area contributed by atoms with Crippen molar-refractivity contribution in [3.8, 4) is 10.6 Å². The van der Waals surface area contributed by atoms with E-state index in [1.165, 1.54) is 20.9 Å². The number of carbonyl (C=O) groups excluding carboxylic acids is 2. The zero-order valence-corrected chi connectivity index (χ0v) is 20.5. The van der Waals surface area contributed by atoms with E-state index in [4.69, 9.17) is 4.98 Å². The molecule has 6 nitrogen and oxygen atoms in total. The smallest absolute Gasteiger partial charge is 0.222 e. The maximum atomic E-state index is 12.9. The van der Waals surface area contributed by atoms with Gasteiger partial charge in [0, 0.05) is 61.8 Å². The number of likely N-dealkylation sites (tertiary alicyclic amines) is 1. The first-order chi connectivity index (χ1) is 16.2. The number of thiazole rings is 1. The molecule has 1 N–H and O–H groups in total. The van der Waals surface area contributed by atoms with Crippen molar-refractivity contribution in [1.29, 1.82) is 0 Å². The second-order valence-electron chi connectivity index (χ2n) is 8.96. The monoisotopic (exact) mass is 484 g/mol. The van der Waals surface area contributed by atoms with E-state index in [2.05, 4.69) is 10.3 Å². The first kappa shape index (κ1) is 22.6. The van der Waals surface area contributed by atoms with Gasteiger partial charge >= 0.3 is 0 Å². The van der Waals surface area contributed by atoms with E-state index in [-0.39, 0.29) is 1.43 Å². The summed E-state index contributed by atoms with van der Waals surface area (Å²) in [6.07, 6.45) is 11.5. The Morgan fingerprint density at radius 2 is 2.12 bits per heavy atom. The SMILES string of the molecule is O=C(CCCCCN1CCCCC1=O)Cc1sc2c(c1-c1nc3cnccc3s1)CCNC2.[HH]. The number of nitrogens with zero attached hydrogens (tertiary/aromatic N) is 3. The third-order valence-electron chi connectivity index (χ3n) is 6.57. The number of Topliss-reactive ketones (excluding diaryl/α,β-unsaturated/α-hetero) is 1. The van der Waals surface area contributed by atoms with Crippen molar-refractivity contribution in [2.75, 3.05) is 19.6 Å². The van der Waals surface area contributed by atoms with Crippen molar-refractivity contribution < 1.29 is 11.0 Å². The number of hydrogen-bond acceptors (Lipinski definition) is 7. The standard InChI is InChI=1S/C25H30N4O2S2.H2/c30-17(6-2-1-4-12-29-13-5-3-7-23(29)31)14-21-24(18-8-10-27-16-22(18)32-21)25-28-19-15-26-11-9-20(19)33-25;/h9,11,15,27H,1-8,10,12-14,16H2;1H. The lowest BCUT2D eigenvalue weighted by Gasteiger charge is -2.26. The van der Waals surface area contributed by atoms with Crippen molar-refractivity contribution >= 4 is 44.6 Å². The van der Waals surface area contributed by atoms with Gasteiger partial charge in [0.2, 0.25) is 5.91 Å². The molecule has 0 atom stereocenters. The highest BCUT2D eigenvalue weighted by atomic mass is 32.1. The Kier molecular flexibility index (Phi) is 7.13. The molecule has 0 aromatic carbocycles. The van der Waals surface area contributed by atoms with Crippen LogP contribution >= 0.6 is 22.7 Å². The molecule has 176 valence electrons. The molecule has 1 amide bonds. The summed E-state index contributed by atoms with van der Waals surface area (Å²) in [5.41, 5.74) is 3.50. The van der Waals surface area contributed by atoms with Gasteiger partial charge in [-0.15, -0.1) is 22.7 Å². The van der Waals surface area contributed by atoms with E-state index in [1.807, 2.05) is 23.4 Å². The van der Waals surface area contributed by atoms with Crippen molar-refractivity contribution in [3.05, 3.63) is 33.8 Å². The van der Waals surface area contributed by atoms with Crippen molar-refractivity contribution in [2.45, 2.75) is 64.3 Å². The van der Waals surface area contributed by atoms with Crippen molar-refractivity contribution in [3.63, 3.8) is 0 Å². The quantitative estimate of drug-likeness (QED) is 0.433. The normalized spacial score (nSPS) is 16.4. The number of pyridine rings is 1. The molecule has 0 spiro atoms. The average Bonchev–Trinajstić information content (AvgIpc) is 3.40. The van der Waals surface area contributed by atoms with Gasteiger partial charge < -0.3 is 10.2 Å². The Morgan fingerprint density at radius 3 is 3.00 bits per heavy atom. The molecule has 2 aliphatic heterocycles. The van der Waals surface area contributed by atoms with Crippen LogP contribution in [0.2, 0.25) is 0 Å². The number of rotatable bonds is 9. The molecule has 1 saturated heterocycles. The highest BCUT2D eigenvalue weighted by Gasteiger charge is 2.25. The molecular weight excluding hydrogens is 452 g/mol. The maximum absolute atomic E-state index is 12.9. The number of ketones is 1. The lowest BCUT2D eigenvalue weighted by Crippen LogP contribution is -2.35. The van der Waals surface area contributed by atoms with Crippen LogP contribution in [0, 0.1) is 0 Å². The number of aromatic nitrogens is 2. The summed E-state index contributed by atoms with van der Waals surface area (Å²) >= 11 is 3.48. The molecule has 5 rings (SSSR count). The predicted molar refractivity (Wildman–Crippen MR) is 136 cm³/mol. The number of piperidine rings is 1. The molecule has 2 aliphatic rings. The molecule has 33 heavy (non-hydrogen) atoms. The molecular formula is C25H32N4O2S2. The van der Waals surface area contributed by atoms with Crippen LogP contribution in [-0.2, 0) is 29.0 Å². The molecule has 3 aromatic heterocycles. The van der Waals surface area contributed by atoms with Gasteiger partial charge in [-0.3, -0.25) is 14.6 Å². The summed E-state index contributed by atoms with van der Waals surface area (Å²) < 4.78 is 1.14. The van der Waals surface area contributed by atoms with Gasteiger partial charge in [0.05, 0.1) is 10.9 Å². The molecule has 5 heterocycles. The molecule has 8 heteroatoms. The summed E-state index contributed by atoms with van der Waals surface area (Å²) in [5.74, 6) is 0.603. The predicted octanol–water partition coefficient (Wildman–Crippen LogP) is 5.00. The fourth-order valence-corrected chi connectivity index (χ4v) is 7.27. The highest BCUT2D eigenvalue weighted by Crippen LogP contribution is 2.41. The lowest BCUT2D eigenvalue weighted by atomic mass is 10.00. The van der Waals surface area contributed by atoms with Crippen molar-refractivity contribution in [2.24, 2.45) is 0 Å². The number of unbranched alkanes of at least 4 members (excludes halogenated alkanes) is 2. The van der Waals surface area contributed by atoms with Crippen LogP contribution in [0.1, 0.15) is 61.7 Å². The van der Waals surface area contributed by atoms with Crippen LogP contribution in [-0.4, -0.2) is 46.2 Å². The molecule has 0 radical (unpaired) electrons. The van der Waals surface area contributed by atoms with E-state index in [9.17, 15) is 9.59 Å². The van der Waals surface area contributed by atoms with Crippen LogP contribution in [0.5, 0.6) is 0 Å². The minimum atomic E-state index is 0. The topological polar surface area (TPSA) is 75.2 Å². The van der Waals surface area contributed by atoms with Gasteiger partial charge in [-0.05, 0) is 50.3 Å². The molecule has 0 saturated carbocycles. The Morgan fingerprint density at radius 1 is 1.18 bits per heavy atom. The Labute approximate surface area is 203 Å². The van der Waals surface area contributed by atoms with Crippen LogP contribution in [0.3, 0.4) is 0 Å². The van der Waals surface area contributed by atoms with Gasteiger partial charge in [0.25, 0.3) is 0 Å². The van der Waals surface area contributed by atoms with E-state index in [0.717, 1.165) is 79.9 Å². The van der Waals surface area contributed by atoms with Crippen LogP contribution < -0.4 is 5.32 Å². The Hall–Kier alpha value is -2.16. The summed E-state index contributed by atoms with van der Waals surface area (Å²) in [6, 6.07) is 2.01. The Balaban J connectivity index is 0.00000274. The molecule has 1 fully saturated rings. The van der Waals surface area contributed by atoms with Crippen LogP contribution in [0.15, 0.2) is 18.5 Å². The summed E-state index contributed by atoms with van der Waals surface area (Å²) in [4.78, 5) is 38.4. The van der Waals surface area contributed by atoms with Crippen LogP contribution in [0.25, 0.3) is 20.8 Å². The van der Waals surface area contributed by atoms with Crippen LogP contribution in [0.4, 0.5) is 0 Å². The third kappa shape index (κ3) is 5.18. The minimum Gasteiger partial charge on any atom is -0.343 e. The molecule has 0 unspecified atom stereocenters.